The van der Waals surface area contributed by atoms with Crippen LogP contribution >= 0.6 is 0 Å². The maximum atomic E-state index is 12.3. The van der Waals surface area contributed by atoms with E-state index in [9.17, 15) is 4.79 Å². The molecule has 29 heavy (non-hydrogen) atoms. The number of aryl methyl sites for hydroxylation is 2. The van der Waals surface area contributed by atoms with E-state index in [4.69, 9.17) is 14.2 Å². The minimum atomic E-state index is -0.353. The summed E-state index contributed by atoms with van der Waals surface area (Å²) in [6, 6.07) is 12.8. The Kier molecular flexibility index (Phi) is 9.45. The van der Waals surface area contributed by atoms with Crippen molar-refractivity contribution in [3.63, 3.8) is 0 Å². The van der Waals surface area contributed by atoms with Gasteiger partial charge in [0.25, 0.3) is 0 Å². The highest BCUT2D eigenvalue weighted by molar-refractivity contribution is 5.91. The fourth-order valence-electron chi connectivity index (χ4n) is 2.87. The molecule has 0 fully saturated rings. The number of carbonyl (C=O) groups excluding carboxylic acids is 1. The summed E-state index contributed by atoms with van der Waals surface area (Å²) in [5.41, 5.74) is 3.82. The van der Waals surface area contributed by atoms with Crippen LogP contribution < -0.4 is 9.47 Å². The first-order valence-electron chi connectivity index (χ1n) is 10.3. The third-order valence-electron chi connectivity index (χ3n) is 4.46. The van der Waals surface area contributed by atoms with Crippen LogP contribution in [0.25, 0.3) is 0 Å². The van der Waals surface area contributed by atoms with Gasteiger partial charge in [0.15, 0.2) is 0 Å². The maximum Gasteiger partial charge on any atom is 0.343 e. The van der Waals surface area contributed by atoms with Crippen LogP contribution in [-0.4, -0.2) is 25.8 Å². The summed E-state index contributed by atoms with van der Waals surface area (Å²) in [4.78, 5) is 12.3. The van der Waals surface area contributed by atoms with Crippen LogP contribution in [0.5, 0.6) is 11.5 Å². The number of carbonyl (C=O) groups is 1. The first-order valence-corrected chi connectivity index (χ1v) is 10.3. The molecule has 0 unspecified atom stereocenters. The predicted octanol–water partition coefficient (Wildman–Crippen LogP) is 5.92. The smallest absolute Gasteiger partial charge is 0.343 e. The van der Waals surface area contributed by atoms with Gasteiger partial charge in [0, 0.05) is 6.61 Å². The van der Waals surface area contributed by atoms with Crippen molar-refractivity contribution in [1.29, 1.82) is 0 Å². The molecular weight excluding hydrogens is 364 g/mol. The van der Waals surface area contributed by atoms with Crippen LogP contribution in [0.1, 0.15) is 55.1 Å². The summed E-state index contributed by atoms with van der Waals surface area (Å²) >= 11 is 0. The third-order valence-corrected chi connectivity index (χ3v) is 4.46. The van der Waals surface area contributed by atoms with Crippen LogP contribution in [0.15, 0.2) is 54.1 Å². The molecule has 0 N–H and O–H groups in total. The second kappa shape index (κ2) is 12.1. The van der Waals surface area contributed by atoms with Crippen LogP contribution in [0, 0.1) is 6.92 Å². The van der Waals surface area contributed by atoms with Crippen molar-refractivity contribution in [3.8, 4) is 11.5 Å². The molecule has 0 aliphatic rings. The molecule has 0 bridgehead atoms. The Morgan fingerprint density at radius 2 is 1.76 bits per heavy atom. The van der Waals surface area contributed by atoms with Gasteiger partial charge in [-0.25, -0.2) is 4.79 Å². The van der Waals surface area contributed by atoms with E-state index in [1.165, 1.54) is 5.57 Å². The number of hydrogen-bond acceptors (Lipinski definition) is 4. The molecule has 0 saturated carbocycles. The maximum absolute atomic E-state index is 12.3. The quantitative estimate of drug-likeness (QED) is 0.205. The van der Waals surface area contributed by atoms with Crippen molar-refractivity contribution in [2.45, 2.75) is 47.0 Å². The minimum absolute atomic E-state index is 0.353. The number of esters is 1. The van der Waals surface area contributed by atoms with Gasteiger partial charge in [0.2, 0.25) is 0 Å². The molecule has 0 aromatic heterocycles. The summed E-state index contributed by atoms with van der Waals surface area (Å²) in [7, 11) is 0. The lowest BCUT2D eigenvalue weighted by Gasteiger charge is -2.15. The van der Waals surface area contributed by atoms with E-state index in [1.54, 1.807) is 12.1 Å². The van der Waals surface area contributed by atoms with Crippen LogP contribution in [0.3, 0.4) is 0 Å². The third kappa shape index (κ3) is 7.74. The van der Waals surface area contributed by atoms with E-state index in [-0.39, 0.29) is 5.97 Å². The second-order valence-electron chi connectivity index (χ2n) is 7.25. The zero-order chi connectivity index (χ0) is 21.1. The number of hydrogen-bond donors (Lipinski definition) is 0. The molecule has 0 atom stereocenters. The standard InChI is InChI=1S/C25H32O4/c1-5-21-18-23(29-25(26)22-11-7-6-8-12-22)17-20(4)24(21)28-15-10-9-14-27-16-13-19(2)3/h6-8,11-13,17-18H,5,9-10,14-16H2,1-4H3. The van der Waals surface area contributed by atoms with Crippen molar-refractivity contribution >= 4 is 5.97 Å². The lowest BCUT2D eigenvalue weighted by molar-refractivity contribution is 0.0734. The predicted molar refractivity (Wildman–Crippen MR) is 117 cm³/mol. The molecule has 4 heteroatoms. The molecule has 4 nitrogen and oxygen atoms in total. The summed E-state index contributed by atoms with van der Waals surface area (Å²) in [5, 5.41) is 0. The minimum Gasteiger partial charge on any atom is -0.493 e. The van der Waals surface area contributed by atoms with Gasteiger partial charge in [-0.2, -0.15) is 0 Å². The normalized spacial score (nSPS) is 10.5. The van der Waals surface area contributed by atoms with E-state index in [1.807, 2.05) is 37.3 Å². The first kappa shape index (κ1) is 22.7. The fourth-order valence-corrected chi connectivity index (χ4v) is 2.87. The Labute approximate surface area is 174 Å². The van der Waals surface area contributed by atoms with E-state index >= 15 is 0 Å². The molecular formula is C25H32O4. The Morgan fingerprint density at radius 1 is 1.03 bits per heavy atom. The van der Waals surface area contributed by atoms with Gasteiger partial charge in [0.05, 0.1) is 18.8 Å². The first-order chi connectivity index (χ1) is 14.0. The number of rotatable bonds is 11. The summed E-state index contributed by atoms with van der Waals surface area (Å²) in [6.07, 6.45) is 4.78. The monoisotopic (exact) mass is 396 g/mol. The van der Waals surface area contributed by atoms with Gasteiger partial charge < -0.3 is 14.2 Å². The average Bonchev–Trinajstić information content (AvgIpc) is 2.71. The summed E-state index contributed by atoms with van der Waals surface area (Å²) in [5.74, 6) is 1.08. The molecule has 2 aromatic rings. The average molecular weight is 397 g/mol. The second-order valence-corrected chi connectivity index (χ2v) is 7.25. The van der Waals surface area contributed by atoms with Gasteiger partial charge >= 0.3 is 5.97 Å². The Hall–Kier alpha value is -2.59. The Bertz CT molecular complexity index is 805. The summed E-state index contributed by atoms with van der Waals surface area (Å²) in [6.45, 7) is 10.2. The number of unbranched alkanes of at least 4 members (excludes halogenated alkanes) is 1. The molecule has 0 amide bonds. The molecule has 0 radical (unpaired) electrons. The largest absolute Gasteiger partial charge is 0.493 e. The van der Waals surface area contributed by atoms with Gasteiger partial charge in [-0.05, 0) is 75.4 Å². The van der Waals surface area contributed by atoms with Gasteiger partial charge in [-0.1, -0.05) is 36.8 Å². The van der Waals surface area contributed by atoms with E-state index in [0.29, 0.717) is 24.5 Å². The van der Waals surface area contributed by atoms with Gasteiger partial charge in [-0.15, -0.1) is 0 Å². The summed E-state index contributed by atoms with van der Waals surface area (Å²) < 4.78 is 17.2. The zero-order valence-corrected chi connectivity index (χ0v) is 18.0. The van der Waals surface area contributed by atoms with E-state index in [2.05, 4.69) is 26.8 Å². The van der Waals surface area contributed by atoms with Crippen molar-refractivity contribution in [2.24, 2.45) is 0 Å². The Morgan fingerprint density at radius 3 is 2.45 bits per heavy atom. The van der Waals surface area contributed by atoms with Crippen molar-refractivity contribution in [3.05, 3.63) is 70.8 Å². The molecule has 2 rings (SSSR count). The number of ether oxygens (including phenoxy) is 3. The van der Waals surface area contributed by atoms with Crippen LogP contribution in [0.4, 0.5) is 0 Å². The molecule has 156 valence electrons. The zero-order valence-electron chi connectivity index (χ0n) is 18.0. The van der Waals surface area contributed by atoms with Gasteiger partial charge in [-0.3, -0.25) is 0 Å². The van der Waals surface area contributed by atoms with Crippen molar-refractivity contribution < 1.29 is 19.0 Å². The van der Waals surface area contributed by atoms with E-state index in [0.717, 1.165) is 42.7 Å². The topological polar surface area (TPSA) is 44.8 Å². The number of benzene rings is 2. The Balaban J connectivity index is 1.88. The molecule has 0 heterocycles. The SMILES string of the molecule is CCc1cc(OC(=O)c2ccccc2)cc(C)c1OCCCCOCC=C(C)C. The highest BCUT2D eigenvalue weighted by Crippen LogP contribution is 2.30. The molecule has 0 aliphatic heterocycles. The lowest BCUT2D eigenvalue weighted by Crippen LogP contribution is -2.09. The molecule has 0 spiro atoms. The highest BCUT2D eigenvalue weighted by atomic mass is 16.5. The molecule has 0 saturated heterocycles. The molecule has 0 aliphatic carbocycles. The lowest BCUT2D eigenvalue weighted by atomic mass is 10.1. The van der Waals surface area contributed by atoms with Crippen LogP contribution in [-0.2, 0) is 11.2 Å². The van der Waals surface area contributed by atoms with Crippen LogP contribution in [0.2, 0.25) is 0 Å². The highest BCUT2D eigenvalue weighted by Gasteiger charge is 2.13. The van der Waals surface area contributed by atoms with Gasteiger partial charge in [0.1, 0.15) is 11.5 Å². The van der Waals surface area contributed by atoms with E-state index < -0.39 is 0 Å². The number of allylic oxidation sites excluding steroid dienone is 1. The van der Waals surface area contributed by atoms with Crippen molar-refractivity contribution in [2.75, 3.05) is 19.8 Å². The van der Waals surface area contributed by atoms with Crippen molar-refractivity contribution in [1.82, 2.24) is 0 Å². The fraction of sp³-hybridized carbons (Fsp3) is 0.400. The molecule has 2 aromatic carbocycles.